The number of hydrogen-bond acceptors (Lipinski definition) is 11. The second-order valence-electron chi connectivity index (χ2n) is 8.99. The van der Waals surface area contributed by atoms with E-state index in [4.69, 9.17) is 11.5 Å². The molecule has 13 nitrogen and oxygen atoms in total. The van der Waals surface area contributed by atoms with E-state index in [9.17, 15) is 22.8 Å². The van der Waals surface area contributed by atoms with Crippen molar-refractivity contribution in [2.24, 2.45) is 0 Å². The maximum absolute atomic E-state index is 13.4. The highest BCUT2D eigenvalue weighted by molar-refractivity contribution is 7.92. The summed E-state index contributed by atoms with van der Waals surface area (Å²) in [6, 6.07) is 3.08. The third-order valence-corrected chi connectivity index (χ3v) is 8.31. The molecule has 4 aromatic heterocycles. The molecule has 0 aliphatic carbocycles. The Morgan fingerprint density at radius 3 is 2.15 bits per heavy atom. The van der Waals surface area contributed by atoms with Crippen LogP contribution in [-0.2, 0) is 21.4 Å². The first kappa shape index (κ1) is 28.0. The van der Waals surface area contributed by atoms with Gasteiger partial charge in [-0.05, 0) is 12.1 Å². The van der Waals surface area contributed by atoms with Crippen LogP contribution >= 0.6 is 22.7 Å². The van der Waals surface area contributed by atoms with Crippen LogP contribution in [0.1, 0.15) is 32.0 Å². The number of nitrogen functional groups attached to an aromatic ring is 2. The molecule has 3 amide bonds. The first-order valence-electron chi connectivity index (χ1n) is 11.3. The summed E-state index contributed by atoms with van der Waals surface area (Å²) < 4.78 is 26.6. The zero-order chi connectivity index (χ0) is 28.8. The number of anilines is 4. The van der Waals surface area contributed by atoms with Crippen molar-refractivity contribution < 1.29 is 22.8 Å². The van der Waals surface area contributed by atoms with Gasteiger partial charge in [-0.25, -0.2) is 18.4 Å². The first-order chi connectivity index (χ1) is 18.2. The van der Waals surface area contributed by atoms with Crippen molar-refractivity contribution >= 4 is 93.6 Å². The molecule has 4 aromatic rings. The number of hydrogen-bond donors (Lipinski definition) is 4. The Kier molecular flexibility index (Phi) is 7.38. The Hall–Kier alpha value is -4.02. The molecule has 206 valence electrons. The molecule has 0 aromatic carbocycles. The van der Waals surface area contributed by atoms with Crippen LogP contribution in [0.25, 0.3) is 20.4 Å². The minimum Gasteiger partial charge on any atom is -0.397 e. The van der Waals surface area contributed by atoms with E-state index in [1.54, 1.807) is 27.2 Å². The summed E-state index contributed by atoms with van der Waals surface area (Å²) in [6.45, 7) is 1.35. The molecule has 0 bridgehead atoms. The van der Waals surface area contributed by atoms with Gasteiger partial charge >= 0.3 is 0 Å². The van der Waals surface area contributed by atoms with Gasteiger partial charge in [-0.15, -0.1) is 22.7 Å². The van der Waals surface area contributed by atoms with Crippen LogP contribution in [0, 0.1) is 0 Å². The van der Waals surface area contributed by atoms with E-state index in [0.29, 0.717) is 31.8 Å². The molecule has 6 N–H and O–H groups in total. The van der Waals surface area contributed by atoms with E-state index < -0.39 is 15.9 Å². The lowest BCUT2D eigenvalue weighted by Crippen LogP contribution is -2.26. The second-order valence-corrected chi connectivity index (χ2v) is 12.7. The largest absolute Gasteiger partial charge is 0.397 e. The van der Waals surface area contributed by atoms with E-state index in [-0.39, 0.29) is 45.2 Å². The fraction of sp³-hybridized carbons (Fsp3) is 0.261. The standard InChI is InChI=1S/C23H26N8O5S3/c1-10(32)27-12-6-7-26-20-14(12)16(24)19(37-20)23(34)31(4)9-11-8-13(29-39(5,35)36)15-17(25)18(22(33)30(2)3)38-21(15)28-11/h6-8H,9,24-25H2,1-5H3,(H,28,29)(H,26,27,32). The topological polar surface area (TPSA) is 194 Å². The predicted molar refractivity (Wildman–Crippen MR) is 155 cm³/mol. The highest BCUT2D eigenvalue weighted by atomic mass is 32.2. The average Bonchev–Trinajstić information content (AvgIpc) is 3.34. The number of aromatic nitrogens is 2. The minimum absolute atomic E-state index is 0.0123. The molecule has 4 heterocycles. The van der Waals surface area contributed by atoms with Crippen molar-refractivity contribution in [3.63, 3.8) is 0 Å². The Labute approximate surface area is 231 Å². The van der Waals surface area contributed by atoms with Crippen LogP contribution in [0.5, 0.6) is 0 Å². The van der Waals surface area contributed by atoms with Crippen LogP contribution in [0.4, 0.5) is 22.7 Å². The van der Waals surface area contributed by atoms with Crippen molar-refractivity contribution in [2.45, 2.75) is 13.5 Å². The summed E-state index contributed by atoms with van der Waals surface area (Å²) in [7, 11) is 1.00. The lowest BCUT2D eigenvalue weighted by Gasteiger charge is -2.17. The van der Waals surface area contributed by atoms with E-state index in [1.165, 1.54) is 29.0 Å². The van der Waals surface area contributed by atoms with Gasteiger partial charge in [0.2, 0.25) is 15.9 Å². The molecule has 0 aliphatic rings. The molecule has 0 saturated heterocycles. The van der Waals surface area contributed by atoms with Gasteiger partial charge in [-0.2, -0.15) is 0 Å². The van der Waals surface area contributed by atoms with E-state index in [2.05, 4.69) is 20.0 Å². The summed E-state index contributed by atoms with van der Waals surface area (Å²) >= 11 is 2.12. The highest BCUT2D eigenvalue weighted by Crippen LogP contribution is 2.40. The van der Waals surface area contributed by atoms with Crippen LogP contribution in [0.2, 0.25) is 0 Å². The number of thiophene rings is 2. The molecule has 0 unspecified atom stereocenters. The number of nitrogens with zero attached hydrogens (tertiary/aromatic N) is 4. The number of amides is 3. The number of carbonyl (C=O) groups is 3. The van der Waals surface area contributed by atoms with Gasteiger partial charge in [0.05, 0.1) is 52.0 Å². The van der Waals surface area contributed by atoms with Crippen molar-refractivity contribution in [1.82, 2.24) is 19.8 Å². The number of rotatable bonds is 7. The van der Waals surface area contributed by atoms with Gasteiger partial charge < -0.3 is 26.6 Å². The number of carbonyl (C=O) groups excluding carboxylic acids is 3. The summed E-state index contributed by atoms with van der Waals surface area (Å²) in [6.07, 6.45) is 2.51. The Morgan fingerprint density at radius 2 is 1.56 bits per heavy atom. The average molecular weight is 591 g/mol. The van der Waals surface area contributed by atoms with Crippen LogP contribution in [0.3, 0.4) is 0 Å². The smallest absolute Gasteiger partial charge is 0.266 e. The van der Waals surface area contributed by atoms with Crippen molar-refractivity contribution in [1.29, 1.82) is 0 Å². The van der Waals surface area contributed by atoms with Gasteiger partial charge in [-0.1, -0.05) is 0 Å². The predicted octanol–water partition coefficient (Wildman–Crippen LogP) is 2.37. The van der Waals surface area contributed by atoms with Gasteiger partial charge in [0.15, 0.2) is 0 Å². The van der Waals surface area contributed by atoms with Crippen molar-refractivity contribution in [3.8, 4) is 0 Å². The summed E-state index contributed by atoms with van der Waals surface area (Å²) in [5.41, 5.74) is 13.8. The monoisotopic (exact) mass is 590 g/mol. The first-order valence-corrected chi connectivity index (χ1v) is 14.8. The summed E-state index contributed by atoms with van der Waals surface area (Å²) in [5, 5.41) is 3.47. The zero-order valence-electron chi connectivity index (χ0n) is 21.6. The van der Waals surface area contributed by atoms with Crippen molar-refractivity contribution in [3.05, 3.63) is 33.8 Å². The van der Waals surface area contributed by atoms with Crippen molar-refractivity contribution in [2.75, 3.05) is 48.9 Å². The van der Waals surface area contributed by atoms with Gasteiger partial charge in [0.1, 0.15) is 19.4 Å². The molecule has 16 heteroatoms. The molecule has 0 spiro atoms. The molecule has 39 heavy (non-hydrogen) atoms. The Morgan fingerprint density at radius 1 is 0.974 bits per heavy atom. The molecule has 0 atom stereocenters. The second kappa shape index (κ2) is 10.3. The number of nitrogens with one attached hydrogen (secondary N) is 2. The van der Waals surface area contributed by atoms with E-state index >= 15 is 0 Å². The lowest BCUT2D eigenvalue weighted by molar-refractivity contribution is -0.114. The van der Waals surface area contributed by atoms with Crippen LogP contribution in [0.15, 0.2) is 18.3 Å². The zero-order valence-corrected chi connectivity index (χ0v) is 24.1. The van der Waals surface area contributed by atoms with Crippen LogP contribution in [-0.4, -0.2) is 73.3 Å². The van der Waals surface area contributed by atoms with E-state index in [1.807, 2.05) is 0 Å². The molecule has 0 fully saturated rings. The van der Waals surface area contributed by atoms with Gasteiger partial charge in [0, 0.05) is 34.3 Å². The molecular weight excluding hydrogens is 565 g/mol. The molecule has 0 saturated carbocycles. The summed E-state index contributed by atoms with van der Waals surface area (Å²) in [5.74, 6) is -1.05. The number of sulfonamides is 1. The fourth-order valence-corrected chi connectivity index (χ4v) is 6.69. The Bertz CT molecular complexity index is 1760. The summed E-state index contributed by atoms with van der Waals surface area (Å²) in [4.78, 5) is 50.5. The third-order valence-electron chi connectivity index (χ3n) is 5.53. The quantitative estimate of drug-likeness (QED) is 0.250. The lowest BCUT2D eigenvalue weighted by atomic mass is 10.2. The maximum atomic E-state index is 13.4. The highest BCUT2D eigenvalue weighted by Gasteiger charge is 2.25. The van der Waals surface area contributed by atoms with Gasteiger partial charge in [-0.3, -0.25) is 19.1 Å². The normalized spacial score (nSPS) is 11.5. The van der Waals surface area contributed by atoms with Crippen LogP contribution < -0.4 is 21.5 Å². The molecule has 4 rings (SSSR count). The van der Waals surface area contributed by atoms with Gasteiger partial charge in [0.25, 0.3) is 11.8 Å². The maximum Gasteiger partial charge on any atom is 0.266 e. The third kappa shape index (κ3) is 5.57. The molecule has 0 aliphatic heterocycles. The SMILES string of the molecule is CC(=O)Nc1ccnc2sc(C(=O)N(C)Cc3cc(NS(C)(=O)=O)c4c(N)c(C(=O)N(C)C)sc4n3)c(N)c12. The number of nitrogens with two attached hydrogens (primary N) is 2. The Balaban J connectivity index is 1.73. The molecule has 0 radical (unpaired) electrons. The molecular formula is C23H26N8O5S3. The minimum atomic E-state index is -3.71. The number of fused-ring (bicyclic) bond motifs is 2. The fourth-order valence-electron chi connectivity index (χ4n) is 3.88. The van der Waals surface area contributed by atoms with E-state index in [0.717, 1.165) is 28.9 Å². The number of pyridine rings is 2.